The van der Waals surface area contributed by atoms with Gasteiger partial charge >= 0.3 is 0 Å². The van der Waals surface area contributed by atoms with Crippen LogP contribution in [0.1, 0.15) is 31.4 Å². The fourth-order valence-corrected chi connectivity index (χ4v) is 2.55. The Hall–Kier alpha value is -2.74. The Morgan fingerprint density at radius 3 is 2.39 bits per heavy atom. The maximum Gasteiger partial charge on any atom is 0.0892 e. The molecule has 0 fully saturated rings. The molecule has 0 bridgehead atoms. The Labute approximate surface area is 137 Å². The first-order chi connectivity index (χ1) is 11.3. The van der Waals surface area contributed by atoms with Gasteiger partial charge in [-0.15, -0.1) is 0 Å². The summed E-state index contributed by atoms with van der Waals surface area (Å²) >= 11 is 0. The predicted octanol–water partition coefficient (Wildman–Crippen LogP) is 5.75. The summed E-state index contributed by atoms with van der Waals surface area (Å²) in [5, 5.41) is 2.33. The first kappa shape index (κ1) is 15.2. The van der Waals surface area contributed by atoms with Crippen LogP contribution >= 0.6 is 0 Å². The van der Waals surface area contributed by atoms with Crippen LogP contribution in [0.2, 0.25) is 0 Å². The zero-order valence-electron chi connectivity index (χ0n) is 13.5. The molecule has 0 amide bonds. The molecule has 0 saturated carbocycles. The van der Waals surface area contributed by atoms with Gasteiger partial charge in [0, 0.05) is 17.8 Å². The highest BCUT2D eigenvalue weighted by molar-refractivity contribution is 5.85. The van der Waals surface area contributed by atoms with Crippen LogP contribution in [0, 0.1) is 0 Å². The van der Waals surface area contributed by atoms with E-state index in [0.29, 0.717) is 0 Å². The number of rotatable bonds is 4. The summed E-state index contributed by atoms with van der Waals surface area (Å²) in [5.74, 6) is 0. The summed E-state index contributed by atoms with van der Waals surface area (Å²) in [6, 6.07) is 12.4. The molecule has 3 aromatic rings. The number of hydrogen-bond acceptors (Lipinski definition) is 2. The number of benzene rings is 1. The monoisotopic (exact) mass is 300 g/mol. The number of nitrogens with zero attached hydrogens (tertiary/aromatic N) is 2. The Morgan fingerprint density at radius 1 is 0.870 bits per heavy atom. The molecule has 23 heavy (non-hydrogen) atoms. The maximum absolute atomic E-state index is 4.60. The van der Waals surface area contributed by atoms with Crippen molar-refractivity contribution in [3.05, 3.63) is 72.1 Å². The van der Waals surface area contributed by atoms with Gasteiger partial charge in [0.2, 0.25) is 0 Å². The molecule has 0 aliphatic carbocycles. The summed E-state index contributed by atoms with van der Waals surface area (Å²) < 4.78 is 0. The average molecular weight is 300 g/mol. The van der Waals surface area contributed by atoms with Crippen LogP contribution in [0.5, 0.6) is 0 Å². The van der Waals surface area contributed by atoms with E-state index in [1.165, 1.54) is 5.39 Å². The first-order valence-electron chi connectivity index (χ1n) is 7.96. The zero-order valence-corrected chi connectivity index (χ0v) is 13.5. The number of hydrogen-bond donors (Lipinski definition) is 0. The summed E-state index contributed by atoms with van der Waals surface area (Å²) in [6.07, 6.45) is 13.3. The highest BCUT2D eigenvalue weighted by Crippen LogP contribution is 2.23. The lowest BCUT2D eigenvalue weighted by Gasteiger charge is -2.06. The van der Waals surface area contributed by atoms with Crippen molar-refractivity contribution in [1.82, 2.24) is 9.97 Å². The van der Waals surface area contributed by atoms with E-state index in [9.17, 15) is 0 Å². The van der Waals surface area contributed by atoms with Crippen LogP contribution in [0.3, 0.4) is 0 Å². The summed E-state index contributed by atoms with van der Waals surface area (Å²) in [7, 11) is 0. The number of aromatic nitrogens is 2. The molecular weight excluding hydrogens is 280 g/mol. The number of allylic oxidation sites excluding steroid dienone is 2. The van der Waals surface area contributed by atoms with Crippen molar-refractivity contribution in [1.29, 1.82) is 0 Å². The minimum absolute atomic E-state index is 0.900. The van der Waals surface area contributed by atoms with E-state index in [-0.39, 0.29) is 0 Å². The second-order valence-electron chi connectivity index (χ2n) is 5.43. The molecule has 114 valence electrons. The normalized spacial score (nSPS) is 11.7. The molecule has 0 aliphatic rings. The molecule has 1 aromatic carbocycles. The van der Waals surface area contributed by atoms with Crippen molar-refractivity contribution in [3.8, 4) is 11.4 Å². The molecule has 0 radical (unpaired) electrons. The van der Waals surface area contributed by atoms with Gasteiger partial charge in [-0.05, 0) is 42.0 Å². The first-order valence-corrected chi connectivity index (χ1v) is 7.96. The quantitative estimate of drug-likeness (QED) is 0.612. The van der Waals surface area contributed by atoms with E-state index in [1.54, 1.807) is 0 Å². The summed E-state index contributed by atoms with van der Waals surface area (Å²) in [5.41, 5.74) is 4.10. The number of pyridine rings is 2. The molecule has 2 aromatic heterocycles. The highest BCUT2D eigenvalue weighted by Gasteiger charge is 2.05. The fraction of sp³-hybridized carbons (Fsp3) is 0.143. The summed E-state index contributed by atoms with van der Waals surface area (Å²) in [4.78, 5) is 9.17. The Bertz CT molecular complexity index is 876. The molecule has 0 N–H and O–H groups in total. The van der Waals surface area contributed by atoms with Gasteiger partial charge in [-0.25, -0.2) is 0 Å². The van der Waals surface area contributed by atoms with E-state index >= 15 is 0 Å². The van der Waals surface area contributed by atoms with Gasteiger partial charge in [0.25, 0.3) is 0 Å². The molecule has 0 unspecified atom stereocenters. The molecule has 2 nitrogen and oxygen atoms in total. The predicted molar refractivity (Wildman–Crippen MR) is 99.0 cm³/mol. The Morgan fingerprint density at radius 2 is 1.61 bits per heavy atom. The zero-order chi connectivity index (χ0) is 16.1. The molecule has 3 rings (SSSR count). The second kappa shape index (κ2) is 7.01. The van der Waals surface area contributed by atoms with E-state index in [0.717, 1.165) is 34.3 Å². The lowest BCUT2D eigenvalue weighted by molar-refractivity contribution is 1.22. The van der Waals surface area contributed by atoms with E-state index in [4.69, 9.17) is 0 Å². The van der Waals surface area contributed by atoms with Crippen LogP contribution in [-0.4, -0.2) is 9.97 Å². The minimum Gasteiger partial charge on any atom is -0.254 e. The van der Waals surface area contributed by atoms with Crippen molar-refractivity contribution >= 4 is 22.9 Å². The molecule has 0 spiro atoms. The van der Waals surface area contributed by atoms with Crippen LogP contribution in [0.25, 0.3) is 34.3 Å². The molecular formula is C21H20N2. The highest BCUT2D eigenvalue weighted by atomic mass is 14.8. The molecule has 0 saturated heterocycles. The minimum atomic E-state index is 0.900. The fourth-order valence-electron chi connectivity index (χ4n) is 2.55. The van der Waals surface area contributed by atoms with Gasteiger partial charge in [-0.2, -0.15) is 0 Å². The number of fused-ring (bicyclic) bond motifs is 1. The van der Waals surface area contributed by atoms with Gasteiger partial charge in [0.1, 0.15) is 0 Å². The van der Waals surface area contributed by atoms with Crippen LogP contribution in [-0.2, 0) is 0 Å². The lowest BCUT2D eigenvalue weighted by atomic mass is 10.1. The van der Waals surface area contributed by atoms with E-state index < -0.39 is 0 Å². The smallest absolute Gasteiger partial charge is 0.0892 e. The lowest BCUT2D eigenvalue weighted by Crippen LogP contribution is -1.91. The average Bonchev–Trinajstić information content (AvgIpc) is 2.60. The van der Waals surface area contributed by atoms with Crippen molar-refractivity contribution in [2.45, 2.75) is 20.3 Å². The summed E-state index contributed by atoms with van der Waals surface area (Å²) in [6.45, 7) is 4.16. The Balaban J connectivity index is 2.07. The topological polar surface area (TPSA) is 25.8 Å². The van der Waals surface area contributed by atoms with Gasteiger partial charge in [0.05, 0.1) is 11.4 Å². The molecule has 0 atom stereocenters. The van der Waals surface area contributed by atoms with Crippen molar-refractivity contribution in [2.24, 2.45) is 0 Å². The third-order valence-electron chi connectivity index (χ3n) is 3.74. The van der Waals surface area contributed by atoms with Crippen molar-refractivity contribution in [3.63, 3.8) is 0 Å². The van der Waals surface area contributed by atoms with Crippen LogP contribution < -0.4 is 0 Å². The largest absolute Gasteiger partial charge is 0.254 e. The van der Waals surface area contributed by atoms with Crippen LogP contribution in [0.15, 0.2) is 60.9 Å². The van der Waals surface area contributed by atoms with Gasteiger partial charge in [0.15, 0.2) is 0 Å². The molecule has 0 aliphatic heterocycles. The standard InChI is InChI=1S/C21H20N2/c1-3-5-9-18-14-22-20(12-16(18)8-4-2)21-13-17-10-6-7-11-19(17)15-23-21/h4-15H,3H2,1-2H3/b8-4-,9-5-. The third-order valence-corrected chi connectivity index (χ3v) is 3.74. The molecule has 2 heterocycles. The van der Waals surface area contributed by atoms with Gasteiger partial charge < -0.3 is 0 Å². The van der Waals surface area contributed by atoms with Gasteiger partial charge in [-0.3, -0.25) is 9.97 Å². The molecule has 2 heteroatoms. The van der Waals surface area contributed by atoms with Crippen molar-refractivity contribution < 1.29 is 0 Å². The SMILES string of the molecule is C/C=C\c1cc(-c2cc3ccccc3cn2)ncc1/C=C\CC. The van der Waals surface area contributed by atoms with Gasteiger partial charge in [-0.1, -0.05) is 55.5 Å². The van der Waals surface area contributed by atoms with E-state index in [1.807, 2.05) is 31.5 Å². The maximum atomic E-state index is 4.60. The van der Waals surface area contributed by atoms with Crippen LogP contribution in [0.4, 0.5) is 0 Å². The Kier molecular flexibility index (Phi) is 4.62. The van der Waals surface area contributed by atoms with Crippen molar-refractivity contribution in [2.75, 3.05) is 0 Å². The third kappa shape index (κ3) is 3.37. The second-order valence-corrected chi connectivity index (χ2v) is 5.43. The van der Waals surface area contributed by atoms with E-state index in [2.05, 4.69) is 65.5 Å².